The van der Waals surface area contributed by atoms with Crippen LogP contribution in [0.4, 0.5) is 0 Å². The molecule has 142 valence electrons. The molecule has 2 nitrogen and oxygen atoms in total. The van der Waals surface area contributed by atoms with Gasteiger partial charge >= 0.3 is 0 Å². The summed E-state index contributed by atoms with van der Waals surface area (Å²) in [6.45, 7) is 0. The standard InChI is InChI=1S/C24H34O2/c25-23-17-7-3-2-6-15(17)20-11-13-9-10-16-14-5-1-4-8-18(14)24(26)22(16)19(13)12-21(20)23/h13-22H,1-12H2. The molecule has 0 saturated heterocycles. The van der Waals surface area contributed by atoms with E-state index in [-0.39, 0.29) is 0 Å². The maximum absolute atomic E-state index is 13.4. The van der Waals surface area contributed by atoms with Crippen molar-refractivity contribution in [3.05, 3.63) is 0 Å². The second-order valence-corrected chi connectivity index (χ2v) is 10.8. The minimum atomic E-state index is 0.332. The van der Waals surface area contributed by atoms with Crippen LogP contribution >= 0.6 is 0 Å². The lowest BCUT2D eigenvalue weighted by Crippen LogP contribution is -2.43. The van der Waals surface area contributed by atoms with Crippen molar-refractivity contribution in [2.24, 2.45) is 59.2 Å². The number of Topliss-reactive ketones (excluding diaryl/α,β-unsaturated/α-hetero) is 2. The molecule has 0 N–H and O–H groups in total. The molecule has 0 radical (unpaired) electrons. The highest BCUT2D eigenvalue weighted by Gasteiger charge is 2.60. The van der Waals surface area contributed by atoms with Crippen LogP contribution in [0.5, 0.6) is 0 Å². The molecule has 0 aromatic carbocycles. The number of fused-ring (bicyclic) bond motifs is 8. The summed E-state index contributed by atoms with van der Waals surface area (Å²) in [7, 11) is 0. The summed E-state index contributed by atoms with van der Waals surface area (Å²) in [5.74, 6) is 6.87. The molecule has 6 saturated carbocycles. The van der Waals surface area contributed by atoms with Crippen LogP contribution in [-0.4, -0.2) is 11.6 Å². The predicted octanol–water partition coefficient (Wildman–Crippen LogP) is 5.05. The maximum Gasteiger partial charge on any atom is 0.139 e. The first-order valence-electron chi connectivity index (χ1n) is 11.8. The van der Waals surface area contributed by atoms with Crippen molar-refractivity contribution in [3.8, 4) is 0 Å². The van der Waals surface area contributed by atoms with Crippen LogP contribution in [0.2, 0.25) is 0 Å². The Hall–Kier alpha value is -0.660. The Morgan fingerprint density at radius 3 is 1.92 bits per heavy atom. The highest BCUT2D eigenvalue weighted by atomic mass is 16.1. The second kappa shape index (κ2) is 5.92. The normalized spacial score (nSPS) is 55.5. The molecule has 0 bridgehead atoms. The molecule has 0 aliphatic heterocycles. The highest BCUT2D eigenvalue weighted by Crippen LogP contribution is 2.62. The minimum Gasteiger partial charge on any atom is -0.299 e. The first kappa shape index (κ1) is 16.3. The van der Waals surface area contributed by atoms with Crippen LogP contribution in [0.25, 0.3) is 0 Å². The fraction of sp³-hybridized carbons (Fsp3) is 0.917. The fourth-order valence-corrected chi connectivity index (χ4v) is 9.30. The lowest BCUT2D eigenvalue weighted by molar-refractivity contribution is -0.132. The Kier molecular flexibility index (Phi) is 3.71. The van der Waals surface area contributed by atoms with Crippen LogP contribution in [0.15, 0.2) is 0 Å². The summed E-state index contributed by atoms with van der Waals surface area (Å²) in [5.41, 5.74) is 0. The van der Waals surface area contributed by atoms with Gasteiger partial charge in [0.1, 0.15) is 11.6 Å². The van der Waals surface area contributed by atoms with Gasteiger partial charge in [-0.05, 0) is 86.9 Å². The highest BCUT2D eigenvalue weighted by molar-refractivity contribution is 5.88. The first-order chi connectivity index (χ1) is 12.7. The number of carbonyl (C=O) groups is 2. The van der Waals surface area contributed by atoms with Crippen LogP contribution < -0.4 is 0 Å². The predicted molar refractivity (Wildman–Crippen MR) is 100 cm³/mol. The van der Waals surface area contributed by atoms with E-state index in [4.69, 9.17) is 0 Å². The molecule has 2 heteroatoms. The molecule has 10 unspecified atom stereocenters. The molecule has 6 aliphatic carbocycles. The van der Waals surface area contributed by atoms with E-state index in [1.807, 2.05) is 0 Å². The van der Waals surface area contributed by atoms with Crippen LogP contribution in [0.1, 0.15) is 77.0 Å². The van der Waals surface area contributed by atoms with Crippen molar-refractivity contribution in [1.29, 1.82) is 0 Å². The van der Waals surface area contributed by atoms with Gasteiger partial charge in [0.25, 0.3) is 0 Å². The van der Waals surface area contributed by atoms with E-state index in [0.717, 1.165) is 12.3 Å². The van der Waals surface area contributed by atoms with Crippen molar-refractivity contribution in [2.45, 2.75) is 77.0 Å². The van der Waals surface area contributed by atoms with Crippen molar-refractivity contribution < 1.29 is 9.59 Å². The topological polar surface area (TPSA) is 34.1 Å². The van der Waals surface area contributed by atoms with Gasteiger partial charge in [0, 0.05) is 23.7 Å². The molecule has 0 spiro atoms. The van der Waals surface area contributed by atoms with Gasteiger partial charge in [-0.3, -0.25) is 9.59 Å². The Morgan fingerprint density at radius 2 is 1.15 bits per heavy atom. The van der Waals surface area contributed by atoms with E-state index in [9.17, 15) is 9.59 Å². The average molecular weight is 355 g/mol. The zero-order chi connectivity index (χ0) is 17.4. The van der Waals surface area contributed by atoms with E-state index < -0.39 is 0 Å². The van der Waals surface area contributed by atoms with Gasteiger partial charge in [0.15, 0.2) is 0 Å². The van der Waals surface area contributed by atoms with Gasteiger partial charge in [0.2, 0.25) is 0 Å². The van der Waals surface area contributed by atoms with Crippen LogP contribution in [0.3, 0.4) is 0 Å². The fourth-order valence-electron chi connectivity index (χ4n) is 9.30. The Bertz CT molecular complexity index is 620. The summed E-state index contributed by atoms with van der Waals surface area (Å²) < 4.78 is 0. The Labute approximate surface area is 157 Å². The zero-order valence-corrected chi connectivity index (χ0v) is 16.1. The molecule has 0 amide bonds. The maximum atomic E-state index is 13.4. The SMILES string of the molecule is O=C1C2CCCCC2C2CC3CCC4C5CCCCC5C(=O)C4C3CC12. The molecular formula is C24H34O2. The van der Waals surface area contributed by atoms with Gasteiger partial charge < -0.3 is 0 Å². The third kappa shape index (κ3) is 2.11. The van der Waals surface area contributed by atoms with Crippen LogP contribution in [0, 0.1) is 59.2 Å². The lowest BCUT2D eigenvalue weighted by Gasteiger charge is -2.47. The molecule has 0 aromatic heterocycles. The van der Waals surface area contributed by atoms with Crippen molar-refractivity contribution in [3.63, 3.8) is 0 Å². The summed E-state index contributed by atoms with van der Waals surface area (Å²) in [6.07, 6.45) is 15.2. The molecular weight excluding hydrogens is 320 g/mol. The second-order valence-electron chi connectivity index (χ2n) is 10.8. The molecule has 26 heavy (non-hydrogen) atoms. The van der Waals surface area contributed by atoms with Gasteiger partial charge in [-0.15, -0.1) is 0 Å². The summed E-state index contributed by atoms with van der Waals surface area (Å²) in [5, 5.41) is 0. The first-order valence-corrected chi connectivity index (χ1v) is 11.8. The van der Waals surface area contributed by atoms with E-state index in [1.54, 1.807) is 0 Å². The van der Waals surface area contributed by atoms with E-state index in [1.165, 1.54) is 70.6 Å². The molecule has 10 atom stereocenters. The van der Waals surface area contributed by atoms with Crippen molar-refractivity contribution in [1.82, 2.24) is 0 Å². The molecule has 0 heterocycles. The van der Waals surface area contributed by atoms with Crippen molar-refractivity contribution >= 4 is 11.6 Å². The van der Waals surface area contributed by atoms with Gasteiger partial charge in [-0.2, -0.15) is 0 Å². The quantitative estimate of drug-likeness (QED) is 0.610. The third-order valence-electron chi connectivity index (χ3n) is 10.2. The summed E-state index contributed by atoms with van der Waals surface area (Å²) >= 11 is 0. The van der Waals surface area contributed by atoms with E-state index >= 15 is 0 Å². The number of hydrogen-bond donors (Lipinski definition) is 0. The minimum absolute atomic E-state index is 0.332. The Balaban J connectivity index is 1.29. The van der Waals surface area contributed by atoms with Crippen LogP contribution in [-0.2, 0) is 9.59 Å². The zero-order valence-electron chi connectivity index (χ0n) is 16.1. The third-order valence-corrected chi connectivity index (χ3v) is 10.2. The Morgan fingerprint density at radius 1 is 0.500 bits per heavy atom. The molecule has 6 aliphatic rings. The number of rotatable bonds is 0. The lowest BCUT2D eigenvalue weighted by atomic mass is 9.56. The van der Waals surface area contributed by atoms with Gasteiger partial charge in [-0.1, -0.05) is 25.7 Å². The molecule has 6 fully saturated rings. The number of carbonyl (C=O) groups excluding carboxylic acids is 2. The van der Waals surface area contributed by atoms with Gasteiger partial charge in [0.05, 0.1) is 0 Å². The smallest absolute Gasteiger partial charge is 0.139 e. The monoisotopic (exact) mass is 354 g/mol. The van der Waals surface area contributed by atoms with E-state index in [0.29, 0.717) is 64.8 Å². The molecule has 0 aromatic rings. The summed E-state index contributed by atoms with van der Waals surface area (Å²) in [4.78, 5) is 26.6. The average Bonchev–Trinajstić information content (AvgIpc) is 3.14. The number of hydrogen-bond acceptors (Lipinski definition) is 2. The summed E-state index contributed by atoms with van der Waals surface area (Å²) in [6, 6.07) is 0. The van der Waals surface area contributed by atoms with Gasteiger partial charge in [-0.25, -0.2) is 0 Å². The van der Waals surface area contributed by atoms with E-state index in [2.05, 4.69) is 0 Å². The molecule has 6 rings (SSSR count). The van der Waals surface area contributed by atoms with Crippen molar-refractivity contribution in [2.75, 3.05) is 0 Å². The largest absolute Gasteiger partial charge is 0.299 e. The number of ketones is 2.